The molecule has 76 valence electrons. The van der Waals surface area contributed by atoms with Crippen molar-refractivity contribution in [3.63, 3.8) is 0 Å². The molecule has 1 aromatic rings. The second-order valence-electron chi connectivity index (χ2n) is 2.55. The zero-order chi connectivity index (χ0) is 10.7. The molecule has 0 fully saturated rings. The maximum atomic E-state index is 11.2. The molecule has 0 aliphatic carbocycles. The summed E-state index contributed by atoms with van der Waals surface area (Å²) in [4.78, 5) is 21.6. The van der Waals surface area contributed by atoms with Crippen LogP contribution in [0, 0.1) is 0 Å². The lowest BCUT2D eigenvalue weighted by Crippen LogP contribution is -2.22. The van der Waals surface area contributed by atoms with Crippen LogP contribution >= 0.6 is 0 Å². The number of aromatic nitrogens is 2. The molecule has 0 atom stereocenters. The lowest BCUT2D eigenvalue weighted by atomic mass is 10.3. The summed E-state index contributed by atoms with van der Waals surface area (Å²) in [5.74, 6) is -2.02. The Morgan fingerprint density at radius 2 is 2.29 bits per heavy atom. The summed E-state index contributed by atoms with van der Waals surface area (Å²) in [6, 6.07) is 1.12. The Morgan fingerprint density at radius 3 is 2.71 bits per heavy atom. The van der Waals surface area contributed by atoms with Crippen molar-refractivity contribution in [1.82, 2.24) is 9.78 Å². The fourth-order valence-electron chi connectivity index (χ4n) is 0.963. The number of hydrogen-bond donors (Lipinski definition) is 0. The first-order chi connectivity index (χ1) is 6.56. The summed E-state index contributed by atoms with van der Waals surface area (Å²) in [6.07, 6.45) is 0. The number of carboxylic acids is 1. The van der Waals surface area contributed by atoms with Crippen LogP contribution in [0.4, 0.5) is 0 Å². The molecular weight excluding hydrogens is 188 g/mol. The lowest BCUT2D eigenvalue weighted by molar-refractivity contribution is -0.255. The van der Waals surface area contributed by atoms with Crippen LogP contribution in [0.2, 0.25) is 0 Å². The Hall–Kier alpha value is -1.85. The largest absolute Gasteiger partial charge is 0.543 e. The van der Waals surface area contributed by atoms with Crippen LogP contribution in [0.15, 0.2) is 6.07 Å². The van der Waals surface area contributed by atoms with E-state index in [1.165, 1.54) is 7.05 Å². The van der Waals surface area contributed by atoms with E-state index in [0.29, 0.717) is 0 Å². The van der Waals surface area contributed by atoms with Crippen LogP contribution < -0.4 is 5.11 Å². The van der Waals surface area contributed by atoms with Crippen molar-refractivity contribution < 1.29 is 19.4 Å². The van der Waals surface area contributed by atoms with Gasteiger partial charge in [-0.15, -0.1) is 0 Å². The van der Waals surface area contributed by atoms with E-state index >= 15 is 0 Å². The number of carbonyl (C=O) groups is 2. The molecular formula is C8H9N2O4-. The number of esters is 1. The van der Waals surface area contributed by atoms with Gasteiger partial charge in [-0.05, 0) is 6.92 Å². The molecule has 0 saturated carbocycles. The highest BCUT2D eigenvalue weighted by atomic mass is 16.5. The minimum Gasteiger partial charge on any atom is -0.543 e. The van der Waals surface area contributed by atoms with E-state index in [1.54, 1.807) is 6.92 Å². The molecule has 0 aliphatic heterocycles. The monoisotopic (exact) mass is 197 g/mol. The molecule has 0 bridgehead atoms. The number of nitrogens with zero attached hydrogens (tertiary/aromatic N) is 2. The van der Waals surface area contributed by atoms with Crippen molar-refractivity contribution in [2.45, 2.75) is 6.92 Å². The fourth-order valence-corrected chi connectivity index (χ4v) is 0.963. The topological polar surface area (TPSA) is 84.2 Å². The van der Waals surface area contributed by atoms with Gasteiger partial charge in [-0.2, -0.15) is 5.10 Å². The van der Waals surface area contributed by atoms with Gasteiger partial charge >= 0.3 is 5.97 Å². The first-order valence-electron chi connectivity index (χ1n) is 3.98. The molecule has 0 N–H and O–H groups in total. The van der Waals surface area contributed by atoms with Gasteiger partial charge in [0.2, 0.25) is 0 Å². The van der Waals surface area contributed by atoms with Crippen LogP contribution in [0.25, 0.3) is 0 Å². The Morgan fingerprint density at radius 1 is 1.64 bits per heavy atom. The first-order valence-corrected chi connectivity index (χ1v) is 3.98. The average Bonchev–Trinajstić information content (AvgIpc) is 2.48. The van der Waals surface area contributed by atoms with Crippen molar-refractivity contribution in [1.29, 1.82) is 0 Å². The van der Waals surface area contributed by atoms with E-state index in [2.05, 4.69) is 9.84 Å². The molecule has 0 radical (unpaired) electrons. The van der Waals surface area contributed by atoms with Crippen LogP contribution in [0.3, 0.4) is 0 Å². The Bertz CT molecular complexity index is 369. The SMILES string of the molecule is CCOC(=O)c1cc(C(=O)[O-])nn1C. The lowest BCUT2D eigenvalue weighted by Gasteiger charge is -1.99. The molecule has 14 heavy (non-hydrogen) atoms. The van der Waals surface area contributed by atoms with E-state index < -0.39 is 11.9 Å². The number of ether oxygens (including phenoxy) is 1. The van der Waals surface area contributed by atoms with Gasteiger partial charge < -0.3 is 14.6 Å². The number of carbonyl (C=O) groups excluding carboxylic acids is 2. The fraction of sp³-hybridized carbons (Fsp3) is 0.375. The Kier molecular flexibility index (Phi) is 2.85. The maximum Gasteiger partial charge on any atom is 0.356 e. The zero-order valence-electron chi connectivity index (χ0n) is 7.81. The normalized spacial score (nSPS) is 9.86. The van der Waals surface area contributed by atoms with Crippen molar-refractivity contribution in [2.24, 2.45) is 7.05 Å². The van der Waals surface area contributed by atoms with Gasteiger partial charge in [0.1, 0.15) is 11.4 Å². The van der Waals surface area contributed by atoms with Gasteiger partial charge in [0.05, 0.1) is 12.6 Å². The highest BCUT2D eigenvalue weighted by Crippen LogP contribution is 2.04. The van der Waals surface area contributed by atoms with Crippen LogP contribution in [0.5, 0.6) is 0 Å². The molecule has 0 aromatic carbocycles. The predicted octanol–water partition coefficient (Wildman–Crippen LogP) is -1.04. The number of carboxylic acid groups (broad SMARTS) is 1. The molecule has 6 heteroatoms. The van der Waals surface area contributed by atoms with E-state index in [1.807, 2.05) is 0 Å². The van der Waals surface area contributed by atoms with Crippen molar-refractivity contribution in [3.05, 3.63) is 17.5 Å². The molecule has 6 nitrogen and oxygen atoms in total. The van der Waals surface area contributed by atoms with E-state index in [-0.39, 0.29) is 18.0 Å². The third-order valence-corrected chi connectivity index (χ3v) is 1.57. The maximum absolute atomic E-state index is 11.2. The van der Waals surface area contributed by atoms with Crippen molar-refractivity contribution >= 4 is 11.9 Å². The van der Waals surface area contributed by atoms with Crippen molar-refractivity contribution in [3.8, 4) is 0 Å². The summed E-state index contributed by atoms with van der Waals surface area (Å²) in [6.45, 7) is 1.89. The second kappa shape index (κ2) is 3.91. The van der Waals surface area contributed by atoms with Gasteiger partial charge in [0.15, 0.2) is 0 Å². The molecule has 0 amide bonds. The highest BCUT2D eigenvalue weighted by Gasteiger charge is 2.14. The molecule has 1 aromatic heterocycles. The van der Waals surface area contributed by atoms with Gasteiger partial charge in [-0.3, -0.25) is 4.68 Å². The average molecular weight is 197 g/mol. The van der Waals surface area contributed by atoms with E-state index in [4.69, 9.17) is 0 Å². The Balaban J connectivity index is 2.98. The smallest absolute Gasteiger partial charge is 0.356 e. The number of hydrogen-bond acceptors (Lipinski definition) is 5. The van der Waals surface area contributed by atoms with Crippen LogP contribution in [-0.4, -0.2) is 28.3 Å². The van der Waals surface area contributed by atoms with Crippen LogP contribution in [0.1, 0.15) is 27.9 Å². The second-order valence-corrected chi connectivity index (χ2v) is 2.55. The quantitative estimate of drug-likeness (QED) is 0.578. The number of aromatic carboxylic acids is 1. The standard InChI is InChI=1S/C8H10N2O4/c1-3-14-8(13)6-4-5(7(11)12)9-10(6)2/h4H,3H2,1-2H3,(H,11,12)/p-1. The number of rotatable bonds is 3. The Labute approximate surface area is 80.1 Å². The summed E-state index contributed by atoms with van der Waals surface area (Å²) in [5.41, 5.74) is -0.193. The summed E-state index contributed by atoms with van der Waals surface area (Å²) >= 11 is 0. The third kappa shape index (κ3) is 1.90. The van der Waals surface area contributed by atoms with E-state index in [9.17, 15) is 14.7 Å². The van der Waals surface area contributed by atoms with Crippen LogP contribution in [-0.2, 0) is 11.8 Å². The summed E-state index contributed by atoms with van der Waals surface area (Å²) < 4.78 is 5.83. The minimum atomic E-state index is -1.42. The summed E-state index contributed by atoms with van der Waals surface area (Å²) in [5, 5.41) is 14.0. The number of aryl methyl sites for hydroxylation is 1. The molecule has 1 heterocycles. The van der Waals surface area contributed by atoms with Gasteiger partial charge in [-0.1, -0.05) is 0 Å². The molecule has 0 spiro atoms. The molecule has 1 rings (SSSR count). The zero-order valence-corrected chi connectivity index (χ0v) is 7.81. The van der Waals surface area contributed by atoms with Crippen molar-refractivity contribution in [2.75, 3.05) is 6.61 Å². The van der Waals surface area contributed by atoms with E-state index in [0.717, 1.165) is 10.7 Å². The molecule has 0 unspecified atom stereocenters. The molecule has 0 aliphatic rings. The summed E-state index contributed by atoms with van der Waals surface area (Å²) in [7, 11) is 1.46. The highest BCUT2D eigenvalue weighted by molar-refractivity contribution is 5.91. The van der Waals surface area contributed by atoms with Gasteiger partial charge in [0.25, 0.3) is 0 Å². The van der Waals surface area contributed by atoms with Gasteiger partial charge in [0, 0.05) is 13.1 Å². The minimum absolute atomic E-state index is 0.0889. The van der Waals surface area contributed by atoms with Gasteiger partial charge in [-0.25, -0.2) is 4.79 Å². The third-order valence-electron chi connectivity index (χ3n) is 1.57. The first kappa shape index (κ1) is 10.2. The predicted molar refractivity (Wildman–Crippen MR) is 43.5 cm³/mol. The molecule has 0 saturated heterocycles.